The first-order chi connectivity index (χ1) is 14.7. The maximum absolute atomic E-state index is 12.2. The number of hydrogen-bond acceptors (Lipinski definition) is 7. The van der Waals surface area contributed by atoms with Crippen LogP contribution in [0.25, 0.3) is 10.4 Å². The number of esters is 2. The Bertz CT molecular complexity index is 610. The van der Waals surface area contributed by atoms with Crippen LogP contribution in [0.2, 0.25) is 0 Å². The largest absolute Gasteiger partial charge is 0.466 e. The molecule has 0 saturated heterocycles. The lowest BCUT2D eigenvalue weighted by Crippen LogP contribution is -2.35. The van der Waals surface area contributed by atoms with Gasteiger partial charge in [-0.2, -0.15) is 0 Å². The van der Waals surface area contributed by atoms with E-state index in [4.69, 9.17) is 19.7 Å². The molecule has 0 radical (unpaired) electrons. The summed E-state index contributed by atoms with van der Waals surface area (Å²) in [5, 5.41) is 14.2. The average Bonchev–Trinajstić information content (AvgIpc) is 3.10. The van der Waals surface area contributed by atoms with Gasteiger partial charge < -0.3 is 19.3 Å². The predicted molar refractivity (Wildman–Crippen MR) is 116 cm³/mol. The Hall–Kier alpha value is -1.83. The molecule has 0 aromatic heterocycles. The number of hydrogen-bond donors (Lipinski definition) is 1. The molecule has 9 nitrogen and oxygen atoms in total. The molecule has 1 fully saturated rings. The fraction of sp³-hybridized carbons (Fsp3) is 0.909. The smallest absolute Gasteiger partial charge is 0.309 e. The Labute approximate surface area is 185 Å². The molecule has 0 aromatic carbocycles. The first kappa shape index (κ1) is 27.2. The van der Waals surface area contributed by atoms with E-state index >= 15 is 0 Å². The highest BCUT2D eigenvalue weighted by molar-refractivity contribution is 5.72. The van der Waals surface area contributed by atoms with E-state index < -0.39 is 18.1 Å². The topological polar surface area (TPSA) is 131 Å². The molecule has 7 atom stereocenters. The van der Waals surface area contributed by atoms with Crippen molar-refractivity contribution in [3.05, 3.63) is 10.4 Å². The summed E-state index contributed by atoms with van der Waals surface area (Å²) in [6, 6.07) is 0. The van der Waals surface area contributed by atoms with E-state index in [2.05, 4.69) is 10.0 Å². The lowest BCUT2D eigenvalue weighted by molar-refractivity contribution is -0.155. The van der Waals surface area contributed by atoms with Crippen molar-refractivity contribution < 1.29 is 28.9 Å². The molecule has 0 bridgehead atoms. The van der Waals surface area contributed by atoms with Gasteiger partial charge >= 0.3 is 11.9 Å². The van der Waals surface area contributed by atoms with Crippen molar-refractivity contribution >= 4 is 11.9 Å². The average molecular weight is 442 g/mol. The number of rotatable bonds is 14. The molecule has 9 heteroatoms. The van der Waals surface area contributed by atoms with Crippen LogP contribution in [0.3, 0.4) is 0 Å². The van der Waals surface area contributed by atoms with Crippen LogP contribution < -0.4 is 0 Å². The van der Waals surface area contributed by atoms with E-state index in [1.807, 2.05) is 27.7 Å². The number of aliphatic hydroxyl groups is 1. The summed E-state index contributed by atoms with van der Waals surface area (Å²) in [7, 11) is 0. The third-order valence-electron chi connectivity index (χ3n) is 5.86. The van der Waals surface area contributed by atoms with E-state index in [9.17, 15) is 14.7 Å². The molecule has 0 spiro atoms. The number of carbonyl (C=O) groups excluding carboxylic acids is 2. The SMILES string of the molecule is CCCCOC(=O)CC[C@@H](C)O[C@H](C)[C@@H](O)C1CC(C)[C@H](OC(=O)[C@H](C)CN=[N+]=[N-])C1. The molecule has 2 unspecified atom stereocenters. The molecule has 0 heterocycles. The second-order valence-corrected chi connectivity index (χ2v) is 8.75. The lowest BCUT2D eigenvalue weighted by Gasteiger charge is -2.27. The molecular formula is C22H39N3O6. The molecule has 31 heavy (non-hydrogen) atoms. The Morgan fingerprint density at radius 1 is 1.26 bits per heavy atom. The second-order valence-electron chi connectivity index (χ2n) is 8.75. The normalized spacial score (nSPS) is 24.5. The Morgan fingerprint density at radius 2 is 1.97 bits per heavy atom. The van der Waals surface area contributed by atoms with Gasteiger partial charge in [0.15, 0.2) is 0 Å². The van der Waals surface area contributed by atoms with Crippen LogP contribution in [0, 0.1) is 17.8 Å². The van der Waals surface area contributed by atoms with E-state index in [1.54, 1.807) is 6.92 Å². The van der Waals surface area contributed by atoms with Crippen LogP contribution >= 0.6 is 0 Å². The highest BCUT2D eigenvalue weighted by atomic mass is 16.5. The summed E-state index contributed by atoms with van der Waals surface area (Å²) in [4.78, 5) is 26.6. The number of ether oxygens (including phenoxy) is 3. The van der Waals surface area contributed by atoms with Crippen LogP contribution in [0.1, 0.15) is 73.1 Å². The van der Waals surface area contributed by atoms with Crippen LogP contribution in [-0.2, 0) is 23.8 Å². The van der Waals surface area contributed by atoms with Crippen LogP contribution in [0.15, 0.2) is 5.11 Å². The van der Waals surface area contributed by atoms with Crippen LogP contribution in [0.4, 0.5) is 0 Å². The number of nitrogens with zero attached hydrogens (tertiary/aromatic N) is 3. The molecule has 1 rings (SSSR count). The van der Waals surface area contributed by atoms with Crippen molar-refractivity contribution in [3.63, 3.8) is 0 Å². The van der Waals surface area contributed by atoms with Gasteiger partial charge in [0, 0.05) is 17.9 Å². The van der Waals surface area contributed by atoms with E-state index in [-0.39, 0.29) is 42.5 Å². The van der Waals surface area contributed by atoms with Gasteiger partial charge in [-0.15, -0.1) is 0 Å². The van der Waals surface area contributed by atoms with Crippen molar-refractivity contribution in [2.45, 2.75) is 97.6 Å². The van der Waals surface area contributed by atoms with Crippen molar-refractivity contribution in [3.8, 4) is 0 Å². The zero-order chi connectivity index (χ0) is 23.4. The summed E-state index contributed by atoms with van der Waals surface area (Å²) in [5.41, 5.74) is 8.38. The summed E-state index contributed by atoms with van der Waals surface area (Å²) in [6.07, 6.45) is 2.42. The van der Waals surface area contributed by atoms with E-state index in [1.165, 1.54) is 0 Å². The van der Waals surface area contributed by atoms with Gasteiger partial charge in [-0.3, -0.25) is 9.59 Å². The third kappa shape index (κ3) is 9.89. The fourth-order valence-corrected chi connectivity index (χ4v) is 3.82. The molecule has 0 aliphatic heterocycles. The molecule has 0 aromatic rings. The molecule has 178 valence electrons. The molecule has 1 aliphatic rings. The summed E-state index contributed by atoms with van der Waals surface area (Å²) < 4.78 is 16.7. The zero-order valence-electron chi connectivity index (χ0n) is 19.5. The van der Waals surface area contributed by atoms with Gasteiger partial charge in [0.1, 0.15) is 6.10 Å². The maximum atomic E-state index is 12.2. The van der Waals surface area contributed by atoms with Gasteiger partial charge in [0.25, 0.3) is 0 Å². The standard InChI is InChI=1S/C22H39N3O6/c1-6-7-10-29-20(26)9-8-16(4)30-17(5)21(27)18-11-14(2)19(12-18)31-22(28)15(3)13-24-25-23/h14-19,21,27H,6-13H2,1-5H3/t14?,15-,16-,17-,18?,19-,21-/m1/s1. The molecule has 1 aliphatic carbocycles. The zero-order valence-corrected chi connectivity index (χ0v) is 19.5. The Balaban J connectivity index is 2.42. The van der Waals surface area contributed by atoms with E-state index in [0.29, 0.717) is 25.9 Å². The van der Waals surface area contributed by atoms with Crippen LogP contribution in [-0.4, -0.2) is 54.6 Å². The highest BCUT2D eigenvalue weighted by Crippen LogP contribution is 2.37. The first-order valence-corrected chi connectivity index (χ1v) is 11.4. The van der Waals surface area contributed by atoms with Gasteiger partial charge in [-0.25, -0.2) is 0 Å². The summed E-state index contributed by atoms with van der Waals surface area (Å²) in [5.74, 6) is -1.02. The van der Waals surface area contributed by atoms with Gasteiger partial charge in [-0.05, 0) is 56.9 Å². The molecule has 1 saturated carbocycles. The third-order valence-corrected chi connectivity index (χ3v) is 5.86. The minimum Gasteiger partial charge on any atom is -0.466 e. The molecular weight excluding hydrogens is 402 g/mol. The Kier molecular flexibility index (Phi) is 12.5. The lowest BCUT2D eigenvalue weighted by atomic mass is 9.96. The number of aliphatic hydroxyl groups excluding tert-OH is 1. The molecule has 1 N–H and O–H groups in total. The highest BCUT2D eigenvalue weighted by Gasteiger charge is 2.40. The minimum atomic E-state index is -0.689. The number of unbranched alkanes of at least 4 members (excludes halogenated alkanes) is 1. The minimum absolute atomic E-state index is 0.0403. The summed E-state index contributed by atoms with van der Waals surface area (Å²) in [6.45, 7) is 9.94. The van der Waals surface area contributed by atoms with Crippen molar-refractivity contribution in [2.75, 3.05) is 13.2 Å². The van der Waals surface area contributed by atoms with Gasteiger partial charge in [0.05, 0.1) is 30.8 Å². The Morgan fingerprint density at radius 3 is 2.61 bits per heavy atom. The van der Waals surface area contributed by atoms with Crippen molar-refractivity contribution in [1.82, 2.24) is 0 Å². The summed E-state index contributed by atoms with van der Waals surface area (Å²) >= 11 is 0. The van der Waals surface area contributed by atoms with Crippen molar-refractivity contribution in [2.24, 2.45) is 22.9 Å². The fourth-order valence-electron chi connectivity index (χ4n) is 3.82. The predicted octanol–water partition coefficient (Wildman–Crippen LogP) is 4.17. The van der Waals surface area contributed by atoms with E-state index in [0.717, 1.165) is 19.3 Å². The van der Waals surface area contributed by atoms with Crippen LogP contribution in [0.5, 0.6) is 0 Å². The van der Waals surface area contributed by atoms with Gasteiger partial charge in [-0.1, -0.05) is 32.3 Å². The number of azide groups is 1. The number of carbonyl (C=O) groups is 2. The van der Waals surface area contributed by atoms with Gasteiger partial charge in [0.2, 0.25) is 0 Å². The molecule has 0 amide bonds. The second kappa shape index (κ2) is 14.3. The van der Waals surface area contributed by atoms with Crippen molar-refractivity contribution in [1.29, 1.82) is 0 Å². The maximum Gasteiger partial charge on any atom is 0.309 e. The quantitative estimate of drug-likeness (QED) is 0.141. The first-order valence-electron chi connectivity index (χ1n) is 11.4. The monoisotopic (exact) mass is 441 g/mol.